The van der Waals surface area contributed by atoms with Gasteiger partial charge in [0.2, 0.25) is 35.1 Å². The molecular weight excluding hydrogens is 879 g/mol. The summed E-state index contributed by atoms with van der Waals surface area (Å²) in [6.07, 6.45) is 2.11. The Hall–Kier alpha value is -3.26. The van der Waals surface area contributed by atoms with Crippen LogP contribution in [0.4, 0.5) is 5.69 Å². The van der Waals surface area contributed by atoms with E-state index in [1.54, 1.807) is 6.20 Å². The summed E-state index contributed by atoms with van der Waals surface area (Å²) in [6.45, 7) is 0.844. The first-order valence-electron chi connectivity index (χ1n) is 17.5. The summed E-state index contributed by atoms with van der Waals surface area (Å²) >= 11 is 0. The smallest absolute Gasteiger partial charge is 0.247 e. The minimum atomic E-state index is -1.17. The number of H-pyrrole nitrogens is 1. The van der Waals surface area contributed by atoms with Crippen LogP contribution < -0.4 is 119 Å². The minimum Gasteiger partial charge on any atom is -1.00 e. The van der Waals surface area contributed by atoms with E-state index in [9.17, 15) is 24.0 Å². The monoisotopic (exact) mass is 930 g/mol. The quantitative estimate of drug-likeness (QED) is 0.0501. The Balaban J connectivity index is -0.00000243. The average Bonchev–Trinajstić information content (AvgIpc) is 3.14. The molecule has 1 aromatic heterocycles. The van der Waals surface area contributed by atoms with Crippen molar-refractivity contribution >= 4 is 46.1 Å². The lowest BCUT2D eigenvalue weighted by molar-refractivity contribution is -0.343. The number of carbonyl (C=O) groups excluding carboxylic acids is 5. The summed E-state index contributed by atoms with van der Waals surface area (Å²) in [6, 6.07) is 16.9. The lowest BCUT2D eigenvalue weighted by atomic mass is 10.0. The summed E-state index contributed by atoms with van der Waals surface area (Å²) in [4.78, 5) is 73.9. The van der Waals surface area contributed by atoms with E-state index in [2.05, 4.69) is 15.6 Å². The van der Waals surface area contributed by atoms with E-state index in [1.807, 2.05) is 60.7 Å². The van der Waals surface area contributed by atoms with Crippen molar-refractivity contribution in [2.75, 3.05) is 70.8 Å². The number of aryl methyl sites for hydroxylation is 1. The van der Waals surface area contributed by atoms with Crippen molar-refractivity contribution in [3.63, 3.8) is 0 Å². The fourth-order valence-corrected chi connectivity index (χ4v) is 5.60. The second-order valence-corrected chi connectivity index (χ2v) is 12.4. The van der Waals surface area contributed by atoms with Gasteiger partial charge in [-0.05, 0) is 37.0 Å². The molecular formula is C36H54Cl6N11O5-5. The number of nitrogens with zero attached hydrogens (tertiary/aromatic N) is 3. The second kappa shape index (κ2) is 33.6. The maximum absolute atomic E-state index is 13.5. The molecule has 5 amide bonds. The second-order valence-electron chi connectivity index (χ2n) is 12.4. The third-order valence-electron chi connectivity index (χ3n) is 8.43. The lowest BCUT2D eigenvalue weighted by Gasteiger charge is -2.29. The van der Waals surface area contributed by atoms with Gasteiger partial charge in [-0.3, -0.25) is 24.0 Å². The maximum Gasteiger partial charge on any atom is 0.247 e. The number of aromatic amines is 1. The summed E-state index contributed by atoms with van der Waals surface area (Å²) in [5, 5.41) is 6.54. The summed E-state index contributed by atoms with van der Waals surface area (Å²) in [5.74, 6) is -2.48. The topological polar surface area (TPSA) is 263 Å². The number of aromatic nitrogens is 1. The van der Waals surface area contributed by atoms with Crippen molar-refractivity contribution in [2.24, 2.45) is 28.7 Å². The van der Waals surface area contributed by atoms with Gasteiger partial charge < -0.3 is 128 Å². The standard InChI is InChI=1S/C36H53N11O5.6ClH/c37-14-18-45(19-15-38)33(49)24-47(25-34(50)46(20-16-39)21-17-40)32(48)13-11-29(41)35(51)44-31(12-10-26-6-2-1-3-7-26)36(52)43-28-22-27-8-4-5-9-30(27)42-23-28;;;;;;/h1-9,22-23,29,31H,10-21,24-25,37-41H2,(H,43,52)(H,44,51);6*1H/p-5/t29-,31-;;;;;;/m0....../s1. The maximum atomic E-state index is 13.5. The Bertz CT molecular complexity index is 1600. The number of carbonyl (C=O) groups is 5. The van der Waals surface area contributed by atoms with Crippen molar-refractivity contribution in [3.8, 4) is 0 Å². The first kappa shape index (κ1) is 61.4. The molecule has 1 heterocycles. The number of anilines is 1. The van der Waals surface area contributed by atoms with Gasteiger partial charge in [-0.1, -0.05) is 42.5 Å². The molecule has 3 rings (SSSR count). The van der Waals surface area contributed by atoms with Gasteiger partial charge in [0.15, 0.2) is 6.20 Å². The zero-order chi connectivity index (χ0) is 37.9. The fourth-order valence-electron chi connectivity index (χ4n) is 5.60. The Labute approximate surface area is 377 Å². The van der Waals surface area contributed by atoms with Crippen LogP contribution in [0.3, 0.4) is 0 Å². The van der Waals surface area contributed by atoms with E-state index in [4.69, 9.17) is 28.7 Å². The van der Waals surface area contributed by atoms with Gasteiger partial charge in [0.25, 0.3) is 0 Å². The summed E-state index contributed by atoms with van der Waals surface area (Å²) < 4.78 is 0. The van der Waals surface area contributed by atoms with Crippen molar-refractivity contribution in [3.05, 3.63) is 72.4 Å². The van der Waals surface area contributed by atoms with Gasteiger partial charge in [0.05, 0.1) is 6.04 Å². The van der Waals surface area contributed by atoms with Gasteiger partial charge in [0, 0.05) is 70.2 Å². The number of para-hydroxylation sites is 1. The van der Waals surface area contributed by atoms with Crippen LogP contribution >= 0.6 is 0 Å². The molecule has 0 bridgehead atoms. The van der Waals surface area contributed by atoms with Crippen LogP contribution in [0.5, 0.6) is 0 Å². The normalized spacial score (nSPS) is 10.8. The van der Waals surface area contributed by atoms with Crippen LogP contribution in [-0.2, 0) is 30.4 Å². The largest absolute Gasteiger partial charge is 1.00 e. The molecule has 330 valence electrons. The molecule has 0 unspecified atom stereocenters. The molecule has 2 aromatic carbocycles. The number of fused-ring (bicyclic) bond motifs is 1. The van der Waals surface area contributed by atoms with Crippen LogP contribution in [0.25, 0.3) is 10.9 Å². The molecule has 0 radical (unpaired) electrons. The average molecular weight is 934 g/mol. The molecule has 13 N–H and O–H groups in total. The first-order valence-corrected chi connectivity index (χ1v) is 17.5. The SMILES string of the molecule is NCCN(CCN)C(=O)CN(CC(=O)N(CCN)CCN)C(=O)CC[C@H](N)C(=O)N[C@@H](CCc1ccccc1)C(=O)Nc1c[nH+]c2ccccc2c1.[Cl-].[Cl-].[Cl-].[Cl-].[Cl-].[Cl-]. The number of nitrogens with two attached hydrogens (primary N) is 5. The van der Waals surface area contributed by atoms with Crippen LogP contribution in [0.15, 0.2) is 66.9 Å². The number of nitrogens with one attached hydrogen (secondary N) is 3. The number of amides is 5. The lowest BCUT2D eigenvalue weighted by Crippen LogP contribution is -3.00. The first-order chi connectivity index (χ1) is 25.1. The molecule has 0 spiro atoms. The van der Waals surface area contributed by atoms with Crippen molar-refractivity contribution in [1.29, 1.82) is 0 Å². The highest BCUT2D eigenvalue weighted by Gasteiger charge is 2.28. The molecule has 3 aromatic rings. The molecule has 0 saturated heterocycles. The predicted octanol–water partition coefficient (Wildman–Crippen LogP) is -19.8. The molecule has 16 nitrogen and oxygen atoms in total. The highest BCUT2D eigenvalue weighted by atomic mass is 35.5. The van der Waals surface area contributed by atoms with Crippen molar-refractivity contribution in [1.82, 2.24) is 20.0 Å². The van der Waals surface area contributed by atoms with Gasteiger partial charge in [-0.15, -0.1) is 0 Å². The van der Waals surface area contributed by atoms with E-state index in [-0.39, 0.29) is 146 Å². The Kier molecular flexibility index (Phi) is 35.5. The van der Waals surface area contributed by atoms with Crippen molar-refractivity contribution < 1.29 is 103 Å². The number of rotatable bonds is 22. The highest BCUT2D eigenvalue weighted by molar-refractivity contribution is 5.98. The molecule has 22 heteroatoms. The van der Waals surface area contributed by atoms with E-state index < -0.39 is 54.7 Å². The van der Waals surface area contributed by atoms with Crippen LogP contribution in [-0.4, -0.2) is 122 Å². The molecule has 0 aliphatic rings. The third kappa shape index (κ3) is 20.6. The number of halogens is 6. The molecule has 0 aliphatic heterocycles. The summed E-state index contributed by atoms with van der Waals surface area (Å²) in [7, 11) is 0. The van der Waals surface area contributed by atoms with Gasteiger partial charge >= 0.3 is 0 Å². The van der Waals surface area contributed by atoms with E-state index in [0.29, 0.717) is 12.1 Å². The molecule has 0 fully saturated rings. The van der Waals surface area contributed by atoms with Gasteiger partial charge in [-0.2, -0.15) is 0 Å². The molecule has 0 saturated carbocycles. The van der Waals surface area contributed by atoms with Gasteiger partial charge in [0.1, 0.15) is 24.8 Å². The Morgan fingerprint density at radius 1 is 0.621 bits per heavy atom. The third-order valence-corrected chi connectivity index (χ3v) is 8.43. The zero-order valence-electron chi connectivity index (χ0n) is 31.9. The molecule has 0 aliphatic carbocycles. The summed E-state index contributed by atoms with van der Waals surface area (Å²) in [5.41, 5.74) is 31.3. The number of benzene rings is 2. The fraction of sp³-hybridized carbons (Fsp3) is 0.444. The van der Waals surface area contributed by atoms with Crippen LogP contribution in [0.2, 0.25) is 0 Å². The van der Waals surface area contributed by atoms with Crippen LogP contribution in [0, 0.1) is 0 Å². The highest BCUT2D eigenvalue weighted by Crippen LogP contribution is 2.15. The van der Waals surface area contributed by atoms with E-state index in [0.717, 1.165) is 21.4 Å². The Morgan fingerprint density at radius 3 is 1.64 bits per heavy atom. The number of hydrogen-bond donors (Lipinski definition) is 7. The van der Waals surface area contributed by atoms with Crippen LogP contribution in [0.1, 0.15) is 24.8 Å². The number of hydrogen-bond acceptors (Lipinski definition) is 10. The van der Waals surface area contributed by atoms with Gasteiger partial charge in [-0.25, -0.2) is 4.98 Å². The van der Waals surface area contributed by atoms with E-state index in [1.165, 1.54) is 9.80 Å². The Morgan fingerprint density at radius 2 is 1.12 bits per heavy atom. The molecule has 2 atom stereocenters. The minimum absolute atomic E-state index is 0. The predicted molar refractivity (Wildman–Crippen MR) is 199 cm³/mol. The van der Waals surface area contributed by atoms with E-state index >= 15 is 0 Å². The van der Waals surface area contributed by atoms with Crippen molar-refractivity contribution in [2.45, 2.75) is 37.8 Å². The molecule has 58 heavy (non-hydrogen) atoms. The number of pyridine rings is 1. The zero-order valence-corrected chi connectivity index (χ0v) is 36.5.